The van der Waals surface area contributed by atoms with E-state index < -0.39 is 4.92 Å². The molecule has 0 fully saturated rings. The predicted molar refractivity (Wildman–Crippen MR) is 73.2 cm³/mol. The van der Waals surface area contributed by atoms with Crippen molar-refractivity contribution < 1.29 is 14.1 Å². The maximum absolute atomic E-state index is 11.3. The van der Waals surface area contributed by atoms with Crippen LogP contribution in [-0.4, -0.2) is 15.7 Å². The van der Waals surface area contributed by atoms with Gasteiger partial charge in [0.1, 0.15) is 5.76 Å². The van der Waals surface area contributed by atoms with Crippen LogP contribution >= 0.6 is 11.8 Å². The Morgan fingerprint density at radius 3 is 2.60 bits per heavy atom. The first kappa shape index (κ1) is 14.3. The molecule has 1 aromatic carbocycles. The third-order valence-corrected chi connectivity index (χ3v) is 3.60. The summed E-state index contributed by atoms with van der Waals surface area (Å²) in [5.74, 6) is 0.374. The van der Waals surface area contributed by atoms with Crippen LogP contribution in [0.4, 0.5) is 5.69 Å². The number of hydrogen-bond donors (Lipinski definition) is 0. The molecule has 6 nitrogen and oxygen atoms in total. The number of carbonyl (C=O) groups excluding carboxylic acids is 1. The number of nitro groups is 1. The van der Waals surface area contributed by atoms with Gasteiger partial charge < -0.3 is 4.42 Å². The molecule has 0 spiro atoms. The Kier molecular flexibility index (Phi) is 3.89. The van der Waals surface area contributed by atoms with E-state index in [0.717, 1.165) is 5.69 Å². The second-order valence-corrected chi connectivity index (χ2v) is 5.24. The van der Waals surface area contributed by atoms with Gasteiger partial charge in [0, 0.05) is 11.0 Å². The van der Waals surface area contributed by atoms with Crippen molar-refractivity contribution in [3.63, 3.8) is 0 Å². The zero-order valence-electron chi connectivity index (χ0n) is 11.2. The van der Waals surface area contributed by atoms with Crippen molar-refractivity contribution in [2.75, 3.05) is 0 Å². The maximum atomic E-state index is 11.3. The van der Waals surface area contributed by atoms with Gasteiger partial charge in [-0.05, 0) is 44.7 Å². The van der Waals surface area contributed by atoms with Crippen molar-refractivity contribution in [1.82, 2.24) is 4.98 Å². The second kappa shape index (κ2) is 5.46. The lowest BCUT2D eigenvalue weighted by atomic mass is 10.1. The highest BCUT2D eigenvalue weighted by Gasteiger charge is 2.19. The van der Waals surface area contributed by atoms with Gasteiger partial charge in [0.2, 0.25) is 0 Å². The topological polar surface area (TPSA) is 86.2 Å². The molecular weight excluding hydrogens is 280 g/mol. The van der Waals surface area contributed by atoms with Crippen LogP contribution in [0.25, 0.3) is 0 Å². The molecule has 1 aromatic heterocycles. The van der Waals surface area contributed by atoms with Gasteiger partial charge in [0.05, 0.1) is 16.2 Å². The molecule has 2 aromatic rings. The summed E-state index contributed by atoms with van der Waals surface area (Å²) in [6.45, 7) is 4.92. The van der Waals surface area contributed by atoms with E-state index in [1.54, 1.807) is 13.0 Å². The lowest BCUT2D eigenvalue weighted by molar-refractivity contribution is -0.385. The Hall–Kier alpha value is -2.15. The van der Waals surface area contributed by atoms with Crippen molar-refractivity contribution in [3.8, 4) is 0 Å². The summed E-state index contributed by atoms with van der Waals surface area (Å²) < 4.78 is 5.41. The van der Waals surface area contributed by atoms with E-state index in [2.05, 4.69) is 4.98 Å². The van der Waals surface area contributed by atoms with E-state index in [-0.39, 0.29) is 17.0 Å². The third-order valence-electron chi connectivity index (χ3n) is 2.76. The van der Waals surface area contributed by atoms with E-state index in [9.17, 15) is 14.9 Å². The molecule has 0 saturated heterocycles. The Morgan fingerprint density at radius 1 is 1.40 bits per heavy atom. The lowest BCUT2D eigenvalue weighted by Gasteiger charge is -2.01. The molecule has 0 unspecified atom stereocenters. The van der Waals surface area contributed by atoms with E-state index in [1.807, 2.05) is 6.92 Å². The second-order valence-electron chi connectivity index (χ2n) is 4.22. The third kappa shape index (κ3) is 2.88. The number of ketones is 1. The molecule has 2 rings (SSSR count). The van der Waals surface area contributed by atoms with Crippen LogP contribution in [0.1, 0.15) is 28.7 Å². The van der Waals surface area contributed by atoms with Gasteiger partial charge in [-0.1, -0.05) is 0 Å². The molecular formula is C13H12N2O4S. The monoisotopic (exact) mass is 292 g/mol. The fourth-order valence-corrected chi connectivity index (χ4v) is 2.47. The number of aryl methyl sites for hydroxylation is 2. The Bertz CT molecular complexity index is 674. The highest BCUT2D eigenvalue weighted by molar-refractivity contribution is 7.99. The highest BCUT2D eigenvalue weighted by atomic mass is 32.2. The summed E-state index contributed by atoms with van der Waals surface area (Å²) in [5, 5.41) is 11.4. The minimum atomic E-state index is -0.563. The van der Waals surface area contributed by atoms with E-state index in [0.29, 0.717) is 15.9 Å². The minimum Gasteiger partial charge on any atom is -0.436 e. The number of benzene rings is 1. The molecule has 0 amide bonds. The highest BCUT2D eigenvalue weighted by Crippen LogP contribution is 2.32. The summed E-state index contributed by atoms with van der Waals surface area (Å²) in [7, 11) is 0. The minimum absolute atomic E-state index is 0.0964. The van der Waals surface area contributed by atoms with Crippen LogP contribution in [0.3, 0.4) is 0 Å². The number of Topliss-reactive ketones (excluding diaryl/α,β-unsaturated/α-hetero) is 1. The number of aromatic nitrogens is 1. The zero-order valence-corrected chi connectivity index (χ0v) is 12.0. The van der Waals surface area contributed by atoms with Gasteiger partial charge in [0.15, 0.2) is 5.78 Å². The van der Waals surface area contributed by atoms with Gasteiger partial charge in [0.25, 0.3) is 10.9 Å². The summed E-state index contributed by atoms with van der Waals surface area (Å²) in [6.07, 6.45) is 0. The molecule has 0 aliphatic rings. The zero-order chi connectivity index (χ0) is 14.9. The first-order valence-corrected chi connectivity index (χ1v) is 6.61. The number of nitrogens with zero attached hydrogens (tertiary/aromatic N) is 2. The molecule has 104 valence electrons. The van der Waals surface area contributed by atoms with Crippen molar-refractivity contribution in [1.29, 1.82) is 0 Å². The van der Waals surface area contributed by atoms with Crippen molar-refractivity contribution in [3.05, 3.63) is 45.3 Å². The maximum Gasteiger partial charge on any atom is 0.281 e. The Morgan fingerprint density at radius 2 is 2.10 bits per heavy atom. The average molecular weight is 292 g/mol. The van der Waals surface area contributed by atoms with Crippen molar-refractivity contribution >= 4 is 23.2 Å². The van der Waals surface area contributed by atoms with Crippen LogP contribution in [0.5, 0.6) is 0 Å². The van der Waals surface area contributed by atoms with Gasteiger partial charge in [-0.15, -0.1) is 0 Å². The van der Waals surface area contributed by atoms with Crippen LogP contribution in [-0.2, 0) is 0 Å². The van der Waals surface area contributed by atoms with Gasteiger partial charge in [-0.25, -0.2) is 4.98 Å². The van der Waals surface area contributed by atoms with Crippen LogP contribution in [0.15, 0.2) is 32.7 Å². The van der Waals surface area contributed by atoms with Crippen molar-refractivity contribution in [2.45, 2.75) is 30.9 Å². The summed E-state index contributed by atoms with van der Waals surface area (Å²) in [6, 6.07) is 4.45. The number of nitro benzene ring substituents is 1. The fraction of sp³-hybridized carbons (Fsp3) is 0.231. The lowest BCUT2D eigenvalue weighted by Crippen LogP contribution is -2.00. The number of rotatable bonds is 4. The molecule has 7 heteroatoms. The molecule has 1 heterocycles. The number of oxazole rings is 1. The first-order valence-electron chi connectivity index (χ1n) is 5.79. The smallest absolute Gasteiger partial charge is 0.281 e. The van der Waals surface area contributed by atoms with Gasteiger partial charge >= 0.3 is 0 Å². The molecule has 20 heavy (non-hydrogen) atoms. The Labute approximate surface area is 119 Å². The van der Waals surface area contributed by atoms with Crippen LogP contribution < -0.4 is 0 Å². The molecule has 0 aliphatic heterocycles. The molecule has 0 aliphatic carbocycles. The normalized spacial score (nSPS) is 10.6. The Balaban J connectivity index is 2.36. The quantitative estimate of drug-likeness (QED) is 0.486. The number of carbonyl (C=O) groups is 1. The SMILES string of the molecule is CC(=O)c1ccc(Sc2nc(C)c(C)o2)cc1[N+](=O)[O-]. The van der Waals surface area contributed by atoms with Crippen molar-refractivity contribution in [2.24, 2.45) is 0 Å². The summed E-state index contributed by atoms with van der Waals surface area (Å²) >= 11 is 1.18. The van der Waals surface area contributed by atoms with Gasteiger partial charge in [-0.3, -0.25) is 14.9 Å². The standard InChI is InChI=1S/C13H12N2O4S/c1-7-9(3)19-13(14-7)20-10-4-5-11(8(2)16)12(6-10)15(17)18/h4-6H,1-3H3. The molecule has 0 saturated carbocycles. The van der Waals surface area contributed by atoms with E-state index >= 15 is 0 Å². The molecule has 0 radical (unpaired) electrons. The molecule has 0 bridgehead atoms. The van der Waals surface area contributed by atoms with E-state index in [1.165, 1.54) is 30.8 Å². The predicted octanol–water partition coefficient (Wildman–Crippen LogP) is 3.55. The van der Waals surface area contributed by atoms with Gasteiger partial charge in [-0.2, -0.15) is 0 Å². The molecule has 0 atom stereocenters. The fourth-order valence-electron chi connectivity index (χ4n) is 1.61. The summed E-state index contributed by atoms with van der Waals surface area (Å²) in [5.41, 5.74) is 0.670. The van der Waals surface area contributed by atoms with Crippen LogP contribution in [0.2, 0.25) is 0 Å². The molecule has 0 N–H and O–H groups in total. The number of hydrogen-bond acceptors (Lipinski definition) is 6. The van der Waals surface area contributed by atoms with E-state index in [4.69, 9.17) is 4.42 Å². The summed E-state index contributed by atoms with van der Waals surface area (Å²) in [4.78, 5) is 26.6. The van der Waals surface area contributed by atoms with Crippen LogP contribution in [0, 0.1) is 24.0 Å². The largest absolute Gasteiger partial charge is 0.436 e. The first-order chi connectivity index (χ1) is 9.38. The average Bonchev–Trinajstić information content (AvgIpc) is 2.67.